The number of amides is 1. The van der Waals surface area contributed by atoms with E-state index < -0.39 is 5.25 Å². The molecule has 1 amide bonds. The molecule has 1 atom stereocenters. The molecule has 2 aromatic carbocycles. The Labute approximate surface area is 156 Å². The molecule has 1 unspecified atom stereocenters. The Morgan fingerprint density at radius 1 is 1.15 bits per heavy atom. The molecule has 4 rings (SSSR count). The van der Waals surface area contributed by atoms with Crippen LogP contribution >= 0.6 is 11.8 Å². The smallest absolute Gasteiger partial charge is 0.238 e. The van der Waals surface area contributed by atoms with Crippen LogP contribution in [0.4, 0.5) is 0 Å². The molecule has 7 heteroatoms. The summed E-state index contributed by atoms with van der Waals surface area (Å²) in [6.07, 6.45) is 2.11. The van der Waals surface area contributed by atoms with Crippen LogP contribution in [0.15, 0.2) is 59.8 Å². The molecule has 1 fully saturated rings. The summed E-state index contributed by atoms with van der Waals surface area (Å²) in [7, 11) is 0. The van der Waals surface area contributed by atoms with E-state index in [-0.39, 0.29) is 5.91 Å². The molecule has 1 aliphatic carbocycles. The van der Waals surface area contributed by atoms with E-state index >= 15 is 0 Å². The number of hydrogen-bond acceptors (Lipinski definition) is 5. The number of aryl methyl sites for hydroxylation is 1. The van der Waals surface area contributed by atoms with Gasteiger partial charge in [0, 0.05) is 6.04 Å². The number of carbonyl (C=O) groups is 1. The van der Waals surface area contributed by atoms with Crippen molar-refractivity contribution in [1.29, 1.82) is 0 Å². The Bertz CT molecular complexity index is 890. The number of carbonyl (C=O) groups excluding carboxylic acids is 1. The minimum atomic E-state index is -0.396. The maximum Gasteiger partial charge on any atom is 0.238 e. The van der Waals surface area contributed by atoms with E-state index in [0.717, 1.165) is 24.1 Å². The summed E-state index contributed by atoms with van der Waals surface area (Å²) in [5, 5.41) is 15.3. The van der Waals surface area contributed by atoms with Crippen LogP contribution in [0, 0.1) is 6.92 Å². The minimum Gasteiger partial charge on any atom is -0.352 e. The molecule has 26 heavy (non-hydrogen) atoms. The van der Waals surface area contributed by atoms with Crippen molar-refractivity contribution in [2.75, 3.05) is 0 Å². The Hall–Kier alpha value is -2.67. The van der Waals surface area contributed by atoms with E-state index in [1.165, 1.54) is 17.3 Å². The van der Waals surface area contributed by atoms with Crippen molar-refractivity contribution >= 4 is 17.7 Å². The Balaban J connectivity index is 1.63. The Kier molecular flexibility index (Phi) is 4.71. The lowest BCUT2D eigenvalue weighted by Crippen LogP contribution is -2.29. The van der Waals surface area contributed by atoms with Gasteiger partial charge in [-0.05, 0) is 47.9 Å². The highest BCUT2D eigenvalue weighted by Gasteiger charge is 2.30. The fourth-order valence-corrected chi connectivity index (χ4v) is 3.62. The molecule has 1 aliphatic rings. The molecule has 0 spiro atoms. The van der Waals surface area contributed by atoms with Crippen molar-refractivity contribution in [1.82, 2.24) is 25.5 Å². The number of aromatic nitrogens is 4. The molecule has 1 heterocycles. The number of nitrogens with one attached hydrogen (secondary N) is 1. The second-order valence-corrected chi connectivity index (χ2v) is 7.47. The van der Waals surface area contributed by atoms with Gasteiger partial charge in [-0.1, -0.05) is 59.8 Å². The summed E-state index contributed by atoms with van der Waals surface area (Å²) >= 11 is 1.37. The average Bonchev–Trinajstić information content (AvgIpc) is 3.35. The van der Waals surface area contributed by atoms with Gasteiger partial charge in [0.05, 0.1) is 5.69 Å². The van der Waals surface area contributed by atoms with Crippen molar-refractivity contribution < 1.29 is 4.79 Å². The molecule has 0 saturated heterocycles. The first-order chi connectivity index (χ1) is 12.7. The maximum absolute atomic E-state index is 12.8. The van der Waals surface area contributed by atoms with Crippen molar-refractivity contribution in [3.05, 3.63) is 65.7 Å². The summed E-state index contributed by atoms with van der Waals surface area (Å²) in [6, 6.07) is 18.0. The van der Waals surface area contributed by atoms with Crippen LogP contribution in [-0.2, 0) is 4.79 Å². The van der Waals surface area contributed by atoms with Crippen LogP contribution in [0.3, 0.4) is 0 Å². The number of rotatable bonds is 6. The standard InChI is InChI=1S/C19H19N5OS/c1-13-7-11-16(12-8-13)24-19(21-22-23-24)26-17(14-5-3-2-4-6-14)18(25)20-15-9-10-15/h2-8,11-12,15,17H,9-10H2,1H3,(H,20,25). The third kappa shape index (κ3) is 3.77. The predicted octanol–water partition coefficient (Wildman–Crippen LogP) is 3.08. The molecule has 0 aliphatic heterocycles. The lowest BCUT2D eigenvalue weighted by atomic mass is 10.1. The van der Waals surface area contributed by atoms with E-state index in [1.807, 2.05) is 61.5 Å². The highest BCUT2D eigenvalue weighted by molar-refractivity contribution is 8.00. The zero-order valence-corrected chi connectivity index (χ0v) is 15.2. The largest absolute Gasteiger partial charge is 0.352 e. The fourth-order valence-electron chi connectivity index (χ4n) is 2.61. The normalized spacial score (nSPS) is 14.8. The third-order valence-electron chi connectivity index (χ3n) is 4.21. The zero-order valence-electron chi connectivity index (χ0n) is 14.4. The first-order valence-corrected chi connectivity index (χ1v) is 9.46. The number of hydrogen-bond donors (Lipinski definition) is 1. The molecule has 1 N–H and O–H groups in total. The van der Waals surface area contributed by atoms with Crippen LogP contribution in [0.25, 0.3) is 5.69 Å². The molecule has 3 aromatic rings. The minimum absolute atomic E-state index is 0.00200. The molecule has 132 valence electrons. The van der Waals surface area contributed by atoms with Crippen molar-refractivity contribution in [3.8, 4) is 5.69 Å². The molecular weight excluding hydrogens is 346 g/mol. The zero-order chi connectivity index (χ0) is 17.9. The first kappa shape index (κ1) is 16.8. The van der Waals surface area contributed by atoms with E-state index in [4.69, 9.17) is 0 Å². The second-order valence-electron chi connectivity index (χ2n) is 6.40. The lowest BCUT2D eigenvalue weighted by Gasteiger charge is -2.16. The number of tetrazole rings is 1. The first-order valence-electron chi connectivity index (χ1n) is 8.58. The highest BCUT2D eigenvalue weighted by Crippen LogP contribution is 2.35. The van der Waals surface area contributed by atoms with Crippen LogP contribution in [0.2, 0.25) is 0 Å². The highest BCUT2D eigenvalue weighted by atomic mass is 32.2. The van der Waals surface area contributed by atoms with Gasteiger partial charge in [-0.15, -0.1) is 5.10 Å². The molecule has 1 aromatic heterocycles. The van der Waals surface area contributed by atoms with Crippen LogP contribution < -0.4 is 5.32 Å². The predicted molar refractivity (Wildman–Crippen MR) is 100 cm³/mol. The quantitative estimate of drug-likeness (QED) is 0.680. The van der Waals surface area contributed by atoms with Crippen molar-refractivity contribution in [3.63, 3.8) is 0 Å². The van der Waals surface area contributed by atoms with E-state index in [0.29, 0.717) is 11.2 Å². The van der Waals surface area contributed by atoms with Crippen molar-refractivity contribution in [2.24, 2.45) is 0 Å². The summed E-state index contributed by atoms with van der Waals surface area (Å²) in [6.45, 7) is 2.03. The Morgan fingerprint density at radius 3 is 2.58 bits per heavy atom. The topological polar surface area (TPSA) is 72.7 Å². The third-order valence-corrected chi connectivity index (χ3v) is 5.39. The lowest BCUT2D eigenvalue weighted by molar-refractivity contribution is -0.120. The SMILES string of the molecule is Cc1ccc(-n2nnnc2SC(C(=O)NC2CC2)c2ccccc2)cc1. The average molecular weight is 365 g/mol. The van der Waals surface area contributed by atoms with E-state index in [1.54, 1.807) is 4.68 Å². The van der Waals surface area contributed by atoms with Gasteiger partial charge in [-0.2, -0.15) is 4.68 Å². The van der Waals surface area contributed by atoms with Gasteiger partial charge in [0.2, 0.25) is 11.1 Å². The second kappa shape index (κ2) is 7.29. The van der Waals surface area contributed by atoms with Gasteiger partial charge in [-0.25, -0.2) is 0 Å². The van der Waals surface area contributed by atoms with Crippen molar-refractivity contribution in [2.45, 2.75) is 36.2 Å². The van der Waals surface area contributed by atoms with Gasteiger partial charge < -0.3 is 5.32 Å². The van der Waals surface area contributed by atoms with Crippen LogP contribution in [0.5, 0.6) is 0 Å². The number of benzene rings is 2. The molecule has 0 bridgehead atoms. The Morgan fingerprint density at radius 2 is 1.88 bits per heavy atom. The fraction of sp³-hybridized carbons (Fsp3) is 0.263. The van der Waals surface area contributed by atoms with Gasteiger partial charge in [0.25, 0.3) is 0 Å². The van der Waals surface area contributed by atoms with Gasteiger partial charge in [-0.3, -0.25) is 4.79 Å². The monoisotopic (exact) mass is 365 g/mol. The summed E-state index contributed by atoms with van der Waals surface area (Å²) in [5.74, 6) is 0.00200. The van der Waals surface area contributed by atoms with Crippen LogP contribution in [-0.4, -0.2) is 32.2 Å². The van der Waals surface area contributed by atoms with Crippen LogP contribution in [0.1, 0.15) is 29.2 Å². The molecule has 1 saturated carbocycles. The summed E-state index contributed by atoms with van der Waals surface area (Å²) < 4.78 is 1.67. The molecule has 6 nitrogen and oxygen atoms in total. The van der Waals surface area contributed by atoms with Gasteiger partial charge >= 0.3 is 0 Å². The van der Waals surface area contributed by atoms with E-state index in [9.17, 15) is 4.79 Å². The molecule has 0 radical (unpaired) electrons. The van der Waals surface area contributed by atoms with Gasteiger partial charge in [0.15, 0.2) is 0 Å². The molecular formula is C19H19N5OS. The summed E-state index contributed by atoms with van der Waals surface area (Å²) in [4.78, 5) is 12.8. The maximum atomic E-state index is 12.8. The number of thioether (sulfide) groups is 1. The van der Waals surface area contributed by atoms with E-state index in [2.05, 4.69) is 20.8 Å². The summed E-state index contributed by atoms with van der Waals surface area (Å²) in [5.41, 5.74) is 2.98. The van der Waals surface area contributed by atoms with Gasteiger partial charge in [0.1, 0.15) is 5.25 Å². The number of nitrogens with zero attached hydrogens (tertiary/aromatic N) is 4.